The highest BCUT2D eigenvalue weighted by molar-refractivity contribution is 7.89. The van der Waals surface area contributed by atoms with Crippen LogP contribution in [0.15, 0.2) is 29.2 Å². The molecule has 7 heteroatoms. The Labute approximate surface area is 151 Å². The lowest BCUT2D eigenvalue weighted by molar-refractivity contribution is 0.00297. The fraction of sp³-hybridized carbons (Fsp3) is 0.667. The molecule has 1 heterocycles. The molecule has 1 aliphatic rings. The average Bonchev–Trinajstić information content (AvgIpc) is 2.66. The van der Waals surface area contributed by atoms with Crippen molar-refractivity contribution in [3.63, 3.8) is 0 Å². The van der Waals surface area contributed by atoms with Crippen LogP contribution in [-0.2, 0) is 14.8 Å². The van der Waals surface area contributed by atoms with E-state index in [0.29, 0.717) is 31.4 Å². The highest BCUT2D eigenvalue weighted by Crippen LogP contribution is 2.21. The third-order valence-corrected chi connectivity index (χ3v) is 6.40. The Morgan fingerprint density at radius 3 is 2.28 bits per heavy atom. The summed E-state index contributed by atoms with van der Waals surface area (Å²) in [4.78, 5) is 2.62. The van der Waals surface area contributed by atoms with Gasteiger partial charge in [-0.2, -0.15) is 0 Å². The third-order valence-electron chi connectivity index (χ3n) is 4.96. The lowest BCUT2D eigenvalue weighted by Crippen LogP contribution is -2.52. The van der Waals surface area contributed by atoms with Crippen LogP contribution in [-0.4, -0.2) is 59.3 Å². The van der Waals surface area contributed by atoms with Gasteiger partial charge < -0.3 is 9.47 Å². The molecule has 1 unspecified atom stereocenters. The lowest BCUT2D eigenvalue weighted by Gasteiger charge is -2.38. The molecule has 2 rings (SSSR count). The summed E-state index contributed by atoms with van der Waals surface area (Å²) in [5.41, 5.74) is 0. The maximum absolute atomic E-state index is 12.6. The molecule has 0 bridgehead atoms. The van der Waals surface area contributed by atoms with Gasteiger partial charge in [-0.15, -0.1) is 0 Å². The first-order valence-electron chi connectivity index (χ1n) is 8.97. The third kappa shape index (κ3) is 5.41. The zero-order chi connectivity index (χ0) is 18.3. The summed E-state index contributed by atoms with van der Waals surface area (Å²) in [6, 6.07) is 6.65. The van der Waals surface area contributed by atoms with E-state index in [1.165, 1.54) is 0 Å². The molecular weight excluding hydrogens is 340 g/mol. The van der Waals surface area contributed by atoms with E-state index in [1.54, 1.807) is 31.4 Å². The van der Waals surface area contributed by atoms with Crippen molar-refractivity contribution in [1.82, 2.24) is 9.62 Å². The second-order valence-corrected chi connectivity index (χ2v) is 8.09. The molecule has 0 aromatic heterocycles. The molecule has 0 amide bonds. The van der Waals surface area contributed by atoms with Crippen molar-refractivity contribution < 1.29 is 17.9 Å². The number of benzene rings is 1. The van der Waals surface area contributed by atoms with E-state index in [0.717, 1.165) is 25.9 Å². The zero-order valence-corrected chi connectivity index (χ0v) is 16.2. The molecule has 0 spiro atoms. The van der Waals surface area contributed by atoms with Crippen molar-refractivity contribution in [2.45, 2.75) is 37.6 Å². The molecule has 1 N–H and O–H groups in total. The smallest absolute Gasteiger partial charge is 0.240 e. The van der Waals surface area contributed by atoms with Gasteiger partial charge in [-0.05, 0) is 30.2 Å². The monoisotopic (exact) mass is 370 g/mol. The average molecular weight is 371 g/mol. The van der Waals surface area contributed by atoms with E-state index >= 15 is 0 Å². The van der Waals surface area contributed by atoms with Crippen molar-refractivity contribution in [2.75, 3.05) is 40.0 Å². The van der Waals surface area contributed by atoms with Crippen LogP contribution in [0.3, 0.4) is 0 Å². The molecular formula is C18H30N2O4S. The molecule has 142 valence electrons. The summed E-state index contributed by atoms with van der Waals surface area (Å²) in [6.07, 6.45) is 2.06. The number of methoxy groups -OCH3 is 1. The first-order chi connectivity index (χ1) is 12.0. The SMILES string of the molecule is CCC(CC)C(CNS(=O)(=O)c1ccc(OC)cc1)N1CCOCC1. The Kier molecular flexibility index (Phi) is 7.68. The first kappa shape index (κ1) is 20.2. The number of rotatable bonds is 9. The Hall–Kier alpha value is -1.15. The first-order valence-corrected chi connectivity index (χ1v) is 10.5. The predicted octanol–water partition coefficient (Wildman–Crippen LogP) is 2.11. The maximum atomic E-state index is 12.6. The van der Waals surface area contributed by atoms with Gasteiger partial charge in [-0.25, -0.2) is 13.1 Å². The number of morpholine rings is 1. The van der Waals surface area contributed by atoms with Crippen molar-refractivity contribution in [2.24, 2.45) is 5.92 Å². The highest BCUT2D eigenvalue weighted by Gasteiger charge is 2.28. The van der Waals surface area contributed by atoms with Gasteiger partial charge in [0.2, 0.25) is 10.0 Å². The van der Waals surface area contributed by atoms with Crippen LogP contribution in [0.5, 0.6) is 5.75 Å². The molecule has 25 heavy (non-hydrogen) atoms. The van der Waals surface area contributed by atoms with Crippen molar-refractivity contribution >= 4 is 10.0 Å². The van der Waals surface area contributed by atoms with Gasteiger partial charge in [0.05, 0.1) is 25.2 Å². The normalized spacial score (nSPS) is 17.6. The standard InChI is InChI=1S/C18H30N2O4S/c1-4-15(5-2)18(20-10-12-24-13-11-20)14-19-25(21,22)17-8-6-16(23-3)7-9-17/h6-9,15,18-19H,4-5,10-14H2,1-3H3. The number of ether oxygens (including phenoxy) is 2. The van der Waals surface area contributed by atoms with Crippen LogP contribution >= 0.6 is 0 Å². The number of hydrogen-bond donors (Lipinski definition) is 1. The second-order valence-electron chi connectivity index (χ2n) is 6.32. The quantitative estimate of drug-likeness (QED) is 0.721. The number of sulfonamides is 1. The molecule has 1 aromatic rings. The van der Waals surface area contributed by atoms with Crippen LogP contribution < -0.4 is 9.46 Å². The molecule has 6 nitrogen and oxygen atoms in total. The largest absolute Gasteiger partial charge is 0.497 e. The maximum Gasteiger partial charge on any atom is 0.240 e. The second kappa shape index (κ2) is 9.52. The number of nitrogens with one attached hydrogen (secondary N) is 1. The summed E-state index contributed by atoms with van der Waals surface area (Å²) >= 11 is 0. The van der Waals surface area contributed by atoms with E-state index in [-0.39, 0.29) is 10.9 Å². The van der Waals surface area contributed by atoms with Crippen molar-refractivity contribution in [1.29, 1.82) is 0 Å². The zero-order valence-electron chi connectivity index (χ0n) is 15.4. The van der Waals surface area contributed by atoms with Gasteiger partial charge in [0.1, 0.15) is 5.75 Å². The molecule has 1 aromatic carbocycles. The highest BCUT2D eigenvalue weighted by atomic mass is 32.2. The van der Waals surface area contributed by atoms with Gasteiger partial charge >= 0.3 is 0 Å². The van der Waals surface area contributed by atoms with Crippen LogP contribution in [0.4, 0.5) is 0 Å². The van der Waals surface area contributed by atoms with Crippen LogP contribution in [0, 0.1) is 5.92 Å². The molecule has 1 atom stereocenters. The molecule has 1 aliphatic heterocycles. The number of nitrogens with zero attached hydrogens (tertiary/aromatic N) is 1. The summed E-state index contributed by atoms with van der Waals surface area (Å²) in [5, 5.41) is 0. The molecule has 0 saturated carbocycles. The van der Waals surface area contributed by atoms with Crippen molar-refractivity contribution in [3.05, 3.63) is 24.3 Å². The van der Waals surface area contributed by atoms with Crippen LogP contribution in [0.25, 0.3) is 0 Å². The summed E-state index contributed by atoms with van der Waals surface area (Å²) < 4.78 is 38.6. The van der Waals surface area contributed by atoms with Crippen LogP contribution in [0.1, 0.15) is 26.7 Å². The summed E-state index contributed by atoms with van der Waals surface area (Å²) in [5.74, 6) is 1.10. The minimum absolute atomic E-state index is 0.187. The Morgan fingerprint density at radius 2 is 1.76 bits per heavy atom. The van der Waals surface area contributed by atoms with E-state index < -0.39 is 10.0 Å². The Bertz CT molecular complexity index is 608. The Morgan fingerprint density at radius 1 is 1.16 bits per heavy atom. The molecule has 1 fully saturated rings. The molecule has 0 radical (unpaired) electrons. The lowest BCUT2D eigenvalue weighted by atomic mass is 9.92. The van der Waals surface area contributed by atoms with Crippen LogP contribution in [0.2, 0.25) is 0 Å². The summed E-state index contributed by atoms with van der Waals surface area (Å²) in [7, 11) is -1.97. The van der Waals surface area contributed by atoms with Gasteiger partial charge in [0.15, 0.2) is 0 Å². The molecule has 1 saturated heterocycles. The van der Waals surface area contributed by atoms with Crippen molar-refractivity contribution in [3.8, 4) is 5.75 Å². The number of hydrogen-bond acceptors (Lipinski definition) is 5. The topological polar surface area (TPSA) is 67.9 Å². The van der Waals surface area contributed by atoms with Gasteiger partial charge in [-0.3, -0.25) is 4.90 Å². The minimum atomic E-state index is -3.53. The molecule has 0 aliphatic carbocycles. The van der Waals surface area contributed by atoms with E-state index in [4.69, 9.17) is 9.47 Å². The van der Waals surface area contributed by atoms with Gasteiger partial charge in [0.25, 0.3) is 0 Å². The minimum Gasteiger partial charge on any atom is -0.497 e. The predicted molar refractivity (Wildman–Crippen MR) is 98.4 cm³/mol. The van der Waals surface area contributed by atoms with Gasteiger partial charge in [0, 0.05) is 25.7 Å². The fourth-order valence-corrected chi connectivity index (χ4v) is 4.42. The summed E-state index contributed by atoms with van der Waals surface area (Å²) in [6.45, 7) is 7.88. The van der Waals surface area contributed by atoms with E-state index in [1.807, 2.05) is 0 Å². The van der Waals surface area contributed by atoms with Gasteiger partial charge in [-0.1, -0.05) is 26.7 Å². The Balaban J connectivity index is 2.09. The van der Waals surface area contributed by atoms with E-state index in [9.17, 15) is 8.42 Å². The fourth-order valence-electron chi connectivity index (χ4n) is 3.37. The van der Waals surface area contributed by atoms with E-state index in [2.05, 4.69) is 23.5 Å².